The number of hydrogen-bond donors (Lipinski definition) is 3. The molecule has 0 bridgehead atoms. The van der Waals surface area contributed by atoms with Crippen LogP contribution in [-0.2, 0) is 6.54 Å². The maximum absolute atomic E-state index is 13.1. The van der Waals surface area contributed by atoms with Crippen LogP contribution in [0.4, 0.5) is 14.9 Å². The van der Waals surface area contributed by atoms with Crippen molar-refractivity contribution in [3.05, 3.63) is 65.5 Å². The lowest BCUT2D eigenvalue weighted by molar-refractivity contribution is 0.251. The van der Waals surface area contributed by atoms with E-state index in [1.807, 2.05) is 12.1 Å². The molecular weight excluding hydrogens is 305 g/mol. The molecule has 0 radical (unpaired) electrons. The van der Waals surface area contributed by atoms with Crippen LogP contribution in [-0.4, -0.2) is 19.1 Å². The van der Waals surface area contributed by atoms with Gasteiger partial charge < -0.3 is 16.0 Å². The van der Waals surface area contributed by atoms with E-state index >= 15 is 0 Å². The highest BCUT2D eigenvalue weighted by atomic mass is 19.1. The maximum atomic E-state index is 13.1. The summed E-state index contributed by atoms with van der Waals surface area (Å²) in [5.41, 5.74) is 2.80. The van der Waals surface area contributed by atoms with Crippen LogP contribution in [0, 0.1) is 5.82 Å². The molecule has 4 nitrogen and oxygen atoms in total. The number of nitrogens with one attached hydrogen (secondary N) is 3. The van der Waals surface area contributed by atoms with Gasteiger partial charge in [0.1, 0.15) is 5.82 Å². The minimum atomic E-state index is -0.303. The summed E-state index contributed by atoms with van der Waals surface area (Å²) >= 11 is 0. The highest BCUT2D eigenvalue weighted by molar-refractivity contribution is 5.89. The van der Waals surface area contributed by atoms with Gasteiger partial charge in [-0.15, -0.1) is 0 Å². The van der Waals surface area contributed by atoms with Gasteiger partial charge in [-0.05, 0) is 67.2 Å². The number of halogens is 1. The second-order valence-electron chi connectivity index (χ2n) is 6.08. The number of benzene rings is 2. The van der Waals surface area contributed by atoms with E-state index in [0.29, 0.717) is 5.92 Å². The highest BCUT2D eigenvalue weighted by Crippen LogP contribution is 2.26. The van der Waals surface area contributed by atoms with Crippen molar-refractivity contribution >= 4 is 11.7 Å². The molecular formula is C19H22FN3O. The zero-order valence-corrected chi connectivity index (χ0v) is 13.5. The number of amides is 2. The molecule has 3 rings (SSSR count). The molecule has 0 aromatic heterocycles. The number of piperidine rings is 1. The van der Waals surface area contributed by atoms with E-state index in [-0.39, 0.29) is 18.4 Å². The molecule has 0 saturated carbocycles. The molecule has 1 aliphatic rings. The number of urea groups is 1. The summed E-state index contributed by atoms with van der Waals surface area (Å²) in [6.07, 6.45) is 2.31. The van der Waals surface area contributed by atoms with E-state index in [0.717, 1.165) is 37.2 Å². The van der Waals surface area contributed by atoms with Crippen LogP contribution in [0.5, 0.6) is 0 Å². The third-order valence-corrected chi connectivity index (χ3v) is 4.32. The summed E-state index contributed by atoms with van der Waals surface area (Å²) in [7, 11) is 0. The van der Waals surface area contributed by atoms with Crippen molar-refractivity contribution in [1.82, 2.24) is 10.6 Å². The third-order valence-electron chi connectivity index (χ3n) is 4.32. The van der Waals surface area contributed by atoms with Crippen LogP contribution in [0.2, 0.25) is 0 Å². The monoisotopic (exact) mass is 327 g/mol. The van der Waals surface area contributed by atoms with E-state index in [9.17, 15) is 9.18 Å². The Morgan fingerprint density at radius 2 is 1.88 bits per heavy atom. The Kier molecular flexibility index (Phi) is 5.43. The van der Waals surface area contributed by atoms with Crippen molar-refractivity contribution in [2.75, 3.05) is 18.4 Å². The van der Waals surface area contributed by atoms with Crippen LogP contribution >= 0.6 is 0 Å². The second kappa shape index (κ2) is 7.93. The van der Waals surface area contributed by atoms with Crippen LogP contribution in [0.25, 0.3) is 0 Å². The highest BCUT2D eigenvalue weighted by Gasteiger charge is 2.14. The summed E-state index contributed by atoms with van der Waals surface area (Å²) < 4.78 is 13.1. The molecule has 1 saturated heterocycles. The molecule has 2 aromatic rings. The van der Waals surface area contributed by atoms with Gasteiger partial charge in [-0.3, -0.25) is 0 Å². The van der Waals surface area contributed by atoms with Gasteiger partial charge in [-0.2, -0.15) is 0 Å². The number of carbonyl (C=O) groups is 1. The number of carbonyl (C=O) groups excluding carboxylic acids is 1. The summed E-state index contributed by atoms with van der Waals surface area (Å²) in [5.74, 6) is 0.297. The summed E-state index contributed by atoms with van der Waals surface area (Å²) in [4.78, 5) is 11.9. The van der Waals surface area contributed by atoms with Gasteiger partial charge in [0.2, 0.25) is 0 Å². The Morgan fingerprint density at radius 3 is 2.58 bits per heavy atom. The van der Waals surface area contributed by atoms with Crippen molar-refractivity contribution in [3.63, 3.8) is 0 Å². The number of hydrogen-bond acceptors (Lipinski definition) is 2. The van der Waals surface area contributed by atoms with Gasteiger partial charge >= 0.3 is 6.03 Å². The lowest BCUT2D eigenvalue weighted by Crippen LogP contribution is -2.28. The molecule has 3 N–H and O–H groups in total. The van der Waals surface area contributed by atoms with Gasteiger partial charge in [-0.1, -0.05) is 24.3 Å². The van der Waals surface area contributed by atoms with Crippen molar-refractivity contribution in [3.8, 4) is 0 Å². The SMILES string of the molecule is O=C(NCc1cccc(F)c1)Nc1ccc(C2CCNCC2)cc1. The Labute approximate surface area is 141 Å². The molecule has 0 aliphatic carbocycles. The summed E-state index contributed by atoms with van der Waals surface area (Å²) in [6, 6.07) is 13.9. The van der Waals surface area contributed by atoms with Crippen LogP contribution in [0.15, 0.2) is 48.5 Å². The van der Waals surface area contributed by atoms with Crippen LogP contribution in [0.1, 0.15) is 29.9 Å². The molecule has 5 heteroatoms. The first-order valence-electron chi connectivity index (χ1n) is 8.31. The Bertz CT molecular complexity index is 681. The van der Waals surface area contributed by atoms with Crippen LogP contribution < -0.4 is 16.0 Å². The number of rotatable bonds is 4. The van der Waals surface area contributed by atoms with E-state index in [1.54, 1.807) is 12.1 Å². The van der Waals surface area contributed by atoms with E-state index in [2.05, 4.69) is 28.1 Å². The van der Waals surface area contributed by atoms with Crippen molar-refractivity contribution in [2.45, 2.75) is 25.3 Å². The molecule has 1 aliphatic heterocycles. The first kappa shape index (κ1) is 16.5. The lowest BCUT2D eigenvalue weighted by Gasteiger charge is -2.23. The Morgan fingerprint density at radius 1 is 1.12 bits per heavy atom. The third kappa shape index (κ3) is 4.55. The molecule has 126 valence electrons. The molecule has 1 heterocycles. The average Bonchev–Trinajstić information content (AvgIpc) is 2.61. The van der Waals surface area contributed by atoms with Gasteiger partial charge in [0, 0.05) is 12.2 Å². The Balaban J connectivity index is 1.50. The molecule has 24 heavy (non-hydrogen) atoms. The normalized spacial score (nSPS) is 15.0. The molecule has 2 aromatic carbocycles. The second-order valence-corrected chi connectivity index (χ2v) is 6.08. The van der Waals surface area contributed by atoms with Crippen molar-refractivity contribution < 1.29 is 9.18 Å². The first-order chi connectivity index (χ1) is 11.7. The average molecular weight is 327 g/mol. The summed E-state index contributed by atoms with van der Waals surface area (Å²) in [5, 5.41) is 8.89. The molecule has 0 atom stereocenters. The smallest absolute Gasteiger partial charge is 0.319 e. The minimum absolute atomic E-state index is 0.288. The Hall–Kier alpha value is -2.40. The molecule has 0 unspecified atom stereocenters. The predicted octanol–water partition coefficient (Wildman–Crippen LogP) is 3.61. The summed E-state index contributed by atoms with van der Waals surface area (Å²) in [6.45, 7) is 2.41. The fourth-order valence-corrected chi connectivity index (χ4v) is 3.00. The fraction of sp³-hybridized carbons (Fsp3) is 0.316. The van der Waals surface area contributed by atoms with E-state index in [4.69, 9.17) is 0 Å². The van der Waals surface area contributed by atoms with E-state index in [1.165, 1.54) is 17.7 Å². The van der Waals surface area contributed by atoms with Gasteiger partial charge in [0.15, 0.2) is 0 Å². The van der Waals surface area contributed by atoms with Gasteiger partial charge in [0.25, 0.3) is 0 Å². The zero-order chi connectivity index (χ0) is 16.8. The maximum Gasteiger partial charge on any atom is 0.319 e. The minimum Gasteiger partial charge on any atom is -0.334 e. The quantitative estimate of drug-likeness (QED) is 0.803. The fourth-order valence-electron chi connectivity index (χ4n) is 3.00. The van der Waals surface area contributed by atoms with Crippen molar-refractivity contribution in [1.29, 1.82) is 0 Å². The largest absolute Gasteiger partial charge is 0.334 e. The topological polar surface area (TPSA) is 53.2 Å². The van der Waals surface area contributed by atoms with Gasteiger partial charge in [-0.25, -0.2) is 9.18 Å². The standard InChI is InChI=1S/C19H22FN3O/c20-17-3-1-2-14(12-17)13-22-19(24)23-18-6-4-15(5-7-18)16-8-10-21-11-9-16/h1-7,12,16,21H,8-11,13H2,(H2,22,23,24). The molecule has 0 spiro atoms. The first-order valence-corrected chi connectivity index (χ1v) is 8.31. The van der Waals surface area contributed by atoms with Crippen LogP contribution in [0.3, 0.4) is 0 Å². The van der Waals surface area contributed by atoms with Crippen molar-refractivity contribution in [2.24, 2.45) is 0 Å². The van der Waals surface area contributed by atoms with E-state index < -0.39 is 0 Å². The van der Waals surface area contributed by atoms with Gasteiger partial charge in [0.05, 0.1) is 0 Å². The molecule has 1 fully saturated rings. The lowest BCUT2D eigenvalue weighted by atomic mass is 9.90. The molecule has 2 amide bonds. The zero-order valence-electron chi connectivity index (χ0n) is 13.5. The predicted molar refractivity (Wildman–Crippen MR) is 93.5 cm³/mol. The number of anilines is 1.